The van der Waals surface area contributed by atoms with Crippen LogP contribution in [0.3, 0.4) is 0 Å². The number of nitriles is 1. The molecule has 0 aliphatic rings. The zero-order chi connectivity index (χ0) is 12.8. The third-order valence-electron chi connectivity index (χ3n) is 2.14. The zero-order valence-electron chi connectivity index (χ0n) is 9.20. The van der Waals surface area contributed by atoms with Gasteiger partial charge in [0, 0.05) is 6.54 Å². The Morgan fingerprint density at radius 2 is 2.29 bits per heavy atom. The van der Waals surface area contributed by atoms with Crippen molar-refractivity contribution < 1.29 is 9.84 Å². The van der Waals surface area contributed by atoms with Gasteiger partial charge in [-0.2, -0.15) is 5.26 Å². The van der Waals surface area contributed by atoms with Gasteiger partial charge in [-0.1, -0.05) is 11.6 Å². The van der Waals surface area contributed by atoms with Crippen LogP contribution in [0.4, 0.5) is 5.69 Å². The van der Waals surface area contributed by atoms with Gasteiger partial charge >= 0.3 is 0 Å². The van der Waals surface area contributed by atoms with Gasteiger partial charge in [0.05, 0.1) is 30.3 Å². The molecule has 0 radical (unpaired) electrons. The summed E-state index contributed by atoms with van der Waals surface area (Å²) in [5.41, 5.74) is 0.829. The number of rotatable bonds is 5. The molecule has 6 heteroatoms. The van der Waals surface area contributed by atoms with Crippen molar-refractivity contribution in [3.8, 4) is 11.8 Å². The Bertz CT molecular complexity index is 432. The number of hydrogen-bond donors (Lipinski definition) is 2. The van der Waals surface area contributed by atoms with Crippen LogP contribution >= 0.6 is 23.2 Å². The molecule has 1 aromatic rings. The van der Waals surface area contributed by atoms with E-state index in [1.807, 2.05) is 6.07 Å². The van der Waals surface area contributed by atoms with Gasteiger partial charge in [-0.25, -0.2) is 0 Å². The molecule has 0 spiro atoms. The SMILES string of the molecule is COc1ccc(C#N)c(NCC(O)CCl)c1Cl. The van der Waals surface area contributed by atoms with E-state index in [0.717, 1.165) is 0 Å². The lowest BCUT2D eigenvalue weighted by molar-refractivity contribution is 0.211. The van der Waals surface area contributed by atoms with Gasteiger partial charge in [-0.05, 0) is 12.1 Å². The normalized spacial score (nSPS) is 11.7. The monoisotopic (exact) mass is 274 g/mol. The molecule has 0 fully saturated rings. The van der Waals surface area contributed by atoms with E-state index in [-0.39, 0.29) is 12.4 Å². The van der Waals surface area contributed by atoms with Gasteiger partial charge in [0.2, 0.25) is 0 Å². The van der Waals surface area contributed by atoms with Crippen LogP contribution in [0, 0.1) is 11.3 Å². The highest BCUT2D eigenvalue weighted by Gasteiger charge is 2.13. The first-order valence-corrected chi connectivity index (χ1v) is 5.79. The summed E-state index contributed by atoms with van der Waals surface area (Å²) >= 11 is 11.5. The summed E-state index contributed by atoms with van der Waals surface area (Å²) < 4.78 is 5.05. The smallest absolute Gasteiger partial charge is 0.139 e. The Morgan fingerprint density at radius 1 is 1.59 bits per heavy atom. The van der Waals surface area contributed by atoms with Gasteiger partial charge in [-0.15, -0.1) is 11.6 Å². The number of nitrogens with zero attached hydrogens (tertiary/aromatic N) is 1. The lowest BCUT2D eigenvalue weighted by Gasteiger charge is -2.14. The summed E-state index contributed by atoms with van der Waals surface area (Å²) in [6.07, 6.45) is -0.703. The molecule has 0 aliphatic carbocycles. The summed E-state index contributed by atoms with van der Waals surface area (Å²) in [4.78, 5) is 0. The molecule has 2 N–H and O–H groups in total. The number of aliphatic hydroxyl groups excluding tert-OH is 1. The van der Waals surface area contributed by atoms with Crippen LogP contribution in [0.2, 0.25) is 5.02 Å². The van der Waals surface area contributed by atoms with Crippen molar-refractivity contribution in [3.05, 3.63) is 22.7 Å². The predicted octanol–water partition coefficient (Wildman–Crippen LogP) is 2.23. The highest BCUT2D eigenvalue weighted by atomic mass is 35.5. The summed E-state index contributed by atoms with van der Waals surface area (Å²) in [5.74, 6) is 0.574. The average molecular weight is 275 g/mol. The van der Waals surface area contributed by atoms with Crippen molar-refractivity contribution >= 4 is 28.9 Å². The summed E-state index contributed by atoms with van der Waals surface area (Å²) in [6, 6.07) is 5.22. The van der Waals surface area contributed by atoms with Crippen molar-refractivity contribution in [1.29, 1.82) is 5.26 Å². The Morgan fingerprint density at radius 3 is 2.82 bits per heavy atom. The van der Waals surface area contributed by atoms with Gasteiger partial charge in [0.1, 0.15) is 16.8 Å². The summed E-state index contributed by atoms with van der Waals surface area (Å²) in [6.45, 7) is 0.213. The maximum Gasteiger partial charge on any atom is 0.139 e. The van der Waals surface area contributed by atoms with E-state index in [9.17, 15) is 5.11 Å². The number of anilines is 1. The van der Waals surface area contributed by atoms with Crippen molar-refractivity contribution in [2.75, 3.05) is 24.9 Å². The molecule has 4 nitrogen and oxygen atoms in total. The molecule has 0 aliphatic heterocycles. The second-order valence-corrected chi connectivity index (χ2v) is 3.99. The van der Waals surface area contributed by atoms with E-state index >= 15 is 0 Å². The number of nitrogens with one attached hydrogen (secondary N) is 1. The fourth-order valence-electron chi connectivity index (χ4n) is 1.26. The first-order chi connectivity index (χ1) is 8.13. The highest BCUT2D eigenvalue weighted by molar-refractivity contribution is 6.35. The van der Waals surface area contributed by atoms with Crippen LogP contribution in [0.1, 0.15) is 5.56 Å². The van der Waals surface area contributed by atoms with Gasteiger partial charge in [0.15, 0.2) is 0 Å². The Balaban J connectivity index is 2.99. The fraction of sp³-hybridized carbons (Fsp3) is 0.364. The molecule has 0 saturated carbocycles. The second-order valence-electron chi connectivity index (χ2n) is 3.31. The third kappa shape index (κ3) is 3.40. The first-order valence-electron chi connectivity index (χ1n) is 4.88. The van der Waals surface area contributed by atoms with Crippen molar-refractivity contribution in [2.45, 2.75) is 6.10 Å². The molecule has 1 unspecified atom stereocenters. The van der Waals surface area contributed by atoms with Crippen LogP contribution in [-0.4, -0.2) is 30.7 Å². The lowest BCUT2D eigenvalue weighted by atomic mass is 10.1. The number of hydrogen-bond acceptors (Lipinski definition) is 4. The standard InChI is InChI=1S/C11H12Cl2N2O2/c1-17-9-3-2-7(5-14)11(10(9)13)15-6-8(16)4-12/h2-3,8,15-16H,4,6H2,1H3. The first kappa shape index (κ1) is 13.9. The van der Waals surface area contributed by atoms with Crippen LogP contribution in [0.25, 0.3) is 0 Å². The lowest BCUT2D eigenvalue weighted by Crippen LogP contribution is -2.21. The quantitative estimate of drug-likeness (QED) is 0.809. The van der Waals surface area contributed by atoms with Gasteiger partial charge in [0.25, 0.3) is 0 Å². The van der Waals surface area contributed by atoms with E-state index in [2.05, 4.69) is 5.32 Å². The van der Waals surface area contributed by atoms with Crippen molar-refractivity contribution in [1.82, 2.24) is 0 Å². The summed E-state index contributed by atoms with van der Waals surface area (Å²) in [5, 5.41) is 21.5. The molecule has 1 atom stereocenters. The molecule has 0 saturated heterocycles. The van der Waals surface area contributed by atoms with Crippen LogP contribution in [-0.2, 0) is 0 Å². The number of alkyl halides is 1. The number of methoxy groups -OCH3 is 1. The predicted molar refractivity (Wildman–Crippen MR) is 67.9 cm³/mol. The van der Waals surface area contributed by atoms with Crippen LogP contribution < -0.4 is 10.1 Å². The maximum atomic E-state index is 9.35. The molecule has 1 rings (SSSR count). The molecule has 1 aromatic carbocycles. The average Bonchev–Trinajstić information content (AvgIpc) is 2.36. The minimum Gasteiger partial charge on any atom is -0.495 e. The van der Waals surface area contributed by atoms with E-state index in [0.29, 0.717) is 22.0 Å². The number of aliphatic hydroxyl groups is 1. The molecule has 0 aromatic heterocycles. The second kappa shape index (κ2) is 6.55. The minimum atomic E-state index is -0.703. The van der Waals surface area contributed by atoms with Crippen LogP contribution in [0.5, 0.6) is 5.75 Å². The van der Waals surface area contributed by atoms with E-state index < -0.39 is 6.10 Å². The molecule has 0 bridgehead atoms. The molecule has 0 heterocycles. The van der Waals surface area contributed by atoms with Crippen LogP contribution in [0.15, 0.2) is 12.1 Å². The molecule has 17 heavy (non-hydrogen) atoms. The Kier molecular flexibility index (Phi) is 5.36. The van der Waals surface area contributed by atoms with Crippen molar-refractivity contribution in [3.63, 3.8) is 0 Å². The van der Waals surface area contributed by atoms with E-state index in [1.165, 1.54) is 7.11 Å². The van der Waals surface area contributed by atoms with E-state index in [4.69, 9.17) is 33.2 Å². The van der Waals surface area contributed by atoms with Gasteiger partial charge < -0.3 is 15.2 Å². The maximum absolute atomic E-state index is 9.35. The number of halogens is 2. The minimum absolute atomic E-state index is 0.108. The number of benzene rings is 1. The Hall–Kier alpha value is -1.15. The Labute approximate surface area is 110 Å². The molecular formula is C11H12Cl2N2O2. The van der Waals surface area contributed by atoms with Gasteiger partial charge in [-0.3, -0.25) is 0 Å². The molecule has 0 amide bonds. The van der Waals surface area contributed by atoms with E-state index in [1.54, 1.807) is 12.1 Å². The highest BCUT2D eigenvalue weighted by Crippen LogP contribution is 2.34. The number of ether oxygens (including phenoxy) is 1. The molecule has 92 valence electrons. The summed E-state index contributed by atoms with van der Waals surface area (Å²) in [7, 11) is 1.49. The fourth-order valence-corrected chi connectivity index (χ4v) is 1.67. The topological polar surface area (TPSA) is 65.3 Å². The largest absolute Gasteiger partial charge is 0.495 e. The molecular weight excluding hydrogens is 263 g/mol. The zero-order valence-corrected chi connectivity index (χ0v) is 10.7. The third-order valence-corrected chi connectivity index (χ3v) is 2.87. The van der Waals surface area contributed by atoms with Crippen molar-refractivity contribution in [2.24, 2.45) is 0 Å².